The molecule has 0 aliphatic carbocycles. The number of hydrogen-bond acceptors (Lipinski definition) is 4. The second kappa shape index (κ2) is 7.12. The summed E-state index contributed by atoms with van der Waals surface area (Å²) in [5, 5.41) is 0. The van der Waals surface area contributed by atoms with Crippen LogP contribution in [0.2, 0.25) is 0 Å². The van der Waals surface area contributed by atoms with Crippen LogP contribution in [0.15, 0.2) is 23.1 Å². The minimum Gasteiger partial charge on any atom is -0.326 e. The van der Waals surface area contributed by atoms with Crippen molar-refractivity contribution in [3.63, 3.8) is 0 Å². The molecule has 114 valence electrons. The molecular formula is C13H22FN3O2S. The van der Waals surface area contributed by atoms with Crippen molar-refractivity contribution in [3.8, 4) is 0 Å². The van der Waals surface area contributed by atoms with Crippen LogP contribution in [-0.4, -0.2) is 40.0 Å². The first-order valence-electron chi connectivity index (χ1n) is 6.42. The van der Waals surface area contributed by atoms with E-state index in [0.29, 0.717) is 6.42 Å². The summed E-state index contributed by atoms with van der Waals surface area (Å²) in [4.78, 5) is 2.02. The number of hydrogen-bond donors (Lipinski definition) is 2. The average molecular weight is 303 g/mol. The van der Waals surface area contributed by atoms with E-state index in [1.807, 2.05) is 19.0 Å². The number of halogens is 1. The van der Waals surface area contributed by atoms with E-state index in [-0.39, 0.29) is 23.0 Å². The van der Waals surface area contributed by atoms with Gasteiger partial charge in [0.25, 0.3) is 0 Å². The Morgan fingerprint density at radius 2 is 2.05 bits per heavy atom. The highest BCUT2D eigenvalue weighted by Crippen LogP contribution is 2.15. The van der Waals surface area contributed by atoms with Crippen LogP contribution in [0.1, 0.15) is 18.9 Å². The van der Waals surface area contributed by atoms with Crippen LogP contribution in [0.3, 0.4) is 0 Å². The Morgan fingerprint density at radius 1 is 1.40 bits per heavy atom. The van der Waals surface area contributed by atoms with Gasteiger partial charge in [0.15, 0.2) is 0 Å². The predicted octanol–water partition coefficient (Wildman–Crippen LogP) is 0.903. The second-order valence-corrected chi connectivity index (χ2v) is 6.79. The zero-order chi connectivity index (χ0) is 15.3. The van der Waals surface area contributed by atoms with Gasteiger partial charge in [-0.25, -0.2) is 17.5 Å². The van der Waals surface area contributed by atoms with Gasteiger partial charge in [-0.05, 0) is 52.2 Å². The highest BCUT2D eigenvalue weighted by molar-refractivity contribution is 7.89. The molecule has 0 saturated heterocycles. The van der Waals surface area contributed by atoms with E-state index in [4.69, 9.17) is 5.73 Å². The van der Waals surface area contributed by atoms with Crippen LogP contribution < -0.4 is 10.5 Å². The molecule has 1 aromatic carbocycles. The van der Waals surface area contributed by atoms with Gasteiger partial charge in [-0.2, -0.15) is 0 Å². The lowest BCUT2D eigenvalue weighted by atomic mass is 10.2. The van der Waals surface area contributed by atoms with Crippen molar-refractivity contribution in [2.75, 3.05) is 20.6 Å². The third-order valence-electron chi connectivity index (χ3n) is 2.91. The van der Waals surface area contributed by atoms with Crippen molar-refractivity contribution in [1.82, 2.24) is 9.62 Å². The van der Waals surface area contributed by atoms with E-state index in [1.165, 1.54) is 12.1 Å². The van der Waals surface area contributed by atoms with Gasteiger partial charge in [0.1, 0.15) is 5.82 Å². The summed E-state index contributed by atoms with van der Waals surface area (Å²) in [7, 11) is 0.203. The summed E-state index contributed by atoms with van der Waals surface area (Å²) in [6.07, 6.45) is 0.692. The highest BCUT2D eigenvalue weighted by atomic mass is 32.2. The summed E-state index contributed by atoms with van der Waals surface area (Å²) in [5.74, 6) is -0.493. The molecule has 0 fully saturated rings. The number of nitrogens with zero attached hydrogens (tertiary/aromatic N) is 1. The molecule has 5 nitrogen and oxygen atoms in total. The summed E-state index contributed by atoms with van der Waals surface area (Å²) in [5.41, 5.74) is 5.57. The molecule has 1 atom stereocenters. The summed E-state index contributed by atoms with van der Waals surface area (Å²) < 4.78 is 40.3. The number of nitrogens with one attached hydrogen (secondary N) is 1. The lowest BCUT2D eigenvalue weighted by molar-refractivity contribution is 0.379. The molecule has 20 heavy (non-hydrogen) atoms. The van der Waals surface area contributed by atoms with E-state index in [9.17, 15) is 12.8 Å². The third-order valence-corrected chi connectivity index (χ3v) is 4.50. The number of nitrogens with two attached hydrogens (primary N) is 1. The Morgan fingerprint density at radius 3 is 2.60 bits per heavy atom. The molecule has 3 N–H and O–H groups in total. The quantitative estimate of drug-likeness (QED) is 0.785. The summed E-state index contributed by atoms with van der Waals surface area (Å²) in [6.45, 7) is 2.54. The van der Waals surface area contributed by atoms with Crippen LogP contribution in [0, 0.1) is 5.82 Å². The lowest BCUT2D eigenvalue weighted by Crippen LogP contribution is -2.34. The van der Waals surface area contributed by atoms with Gasteiger partial charge in [-0.1, -0.05) is 0 Å². The molecule has 0 aliphatic heterocycles. The summed E-state index contributed by atoms with van der Waals surface area (Å²) >= 11 is 0. The van der Waals surface area contributed by atoms with Crippen molar-refractivity contribution in [2.24, 2.45) is 5.73 Å². The molecule has 1 unspecified atom stereocenters. The SMILES string of the molecule is CC(CCN(C)C)NS(=O)(=O)c1ccc(F)c(CN)c1. The van der Waals surface area contributed by atoms with Crippen molar-refractivity contribution in [1.29, 1.82) is 0 Å². The fourth-order valence-corrected chi connectivity index (χ4v) is 3.05. The first-order chi connectivity index (χ1) is 9.26. The molecule has 1 rings (SSSR count). The molecular weight excluding hydrogens is 281 g/mol. The Labute approximate surface area is 120 Å². The molecule has 0 saturated carbocycles. The Balaban J connectivity index is 2.83. The van der Waals surface area contributed by atoms with Crippen LogP contribution in [0.5, 0.6) is 0 Å². The van der Waals surface area contributed by atoms with Crippen molar-refractivity contribution < 1.29 is 12.8 Å². The fourth-order valence-electron chi connectivity index (χ4n) is 1.72. The van der Waals surface area contributed by atoms with Gasteiger partial charge >= 0.3 is 0 Å². The minimum absolute atomic E-state index is 0.0363. The van der Waals surface area contributed by atoms with Crippen molar-refractivity contribution >= 4 is 10.0 Å². The van der Waals surface area contributed by atoms with Gasteiger partial charge in [0.2, 0.25) is 10.0 Å². The predicted molar refractivity (Wildman–Crippen MR) is 77.2 cm³/mol. The largest absolute Gasteiger partial charge is 0.326 e. The molecule has 0 heterocycles. The van der Waals surface area contributed by atoms with Crippen molar-refractivity contribution in [3.05, 3.63) is 29.6 Å². The van der Waals surface area contributed by atoms with E-state index < -0.39 is 15.8 Å². The fraction of sp³-hybridized carbons (Fsp3) is 0.538. The topological polar surface area (TPSA) is 75.4 Å². The maximum Gasteiger partial charge on any atom is 0.240 e. The number of sulfonamides is 1. The monoisotopic (exact) mass is 303 g/mol. The van der Waals surface area contributed by atoms with Crippen LogP contribution in [-0.2, 0) is 16.6 Å². The molecule has 0 aliphatic rings. The van der Waals surface area contributed by atoms with Gasteiger partial charge < -0.3 is 10.6 Å². The smallest absolute Gasteiger partial charge is 0.240 e. The molecule has 0 spiro atoms. The van der Waals surface area contributed by atoms with Gasteiger partial charge in [0, 0.05) is 18.2 Å². The van der Waals surface area contributed by atoms with E-state index >= 15 is 0 Å². The number of rotatable bonds is 7. The minimum atomic E-state index is -3.65. The molecule has 0 amide bonds. The molecule has 0 radical (unpaired) electrons. The Hall–Kier alpha value is -1.02. The Bertz CT molecular complexity index is 547. The van der Waals surface area contributed by atoms with E-state index in [1.54, 1.807) is 6.92 Å². The standard InChI is InChI=1S/C13H22FN3O2S/c1-10(6-7-17(2)3)16-20(18,19)12-4-5-13(14)11(8-12)9-15/h4-5,8,10,16H,6-7,9,15H2,1-3H3. The van der Waals surface area contributed by atoms with Crippen LogP contribution in [0.25, 0.3) is 0 Å². The van der Waals surface area contributed by atoms with E-state index in [0.717, 1.165) is 12.6 Å². The normalized spacial score (nSPS) is 13.7. The maximum absolute atomic E-state index is 13.3. The van der Waals surface area contributed by atoms with Gasteiger partial charge in [-0.3, -0.25) is 0 Å². The summed E-state index contributed by atoms with van der Waals surface area (Å²) in [6, 6.07) is 3.45. The first-order valence-corrected chi connectivity index (χ1v) is 7.90. The Kier molecular flexibility index (Phi) is 6.07. The van der Waals surface area contributed by atoms with E-state index in [2.05, 4.69) is 4.72 Å². The molecule has 7 heteroatoms. The van der Waals surface area contributed by atoms with Gasteiger partial charge in [-0.15, -0.1) is 0 Å². The second-order valence-electron chi connectivity index (χ2n) is 5.07. The van der Waals surface area contributed by atoms with Crippen LogP contribution in [0.4, 0.5) is 4.39 Å². The zero-order valence-electron chi connectivity index (χ0n) is 12.1. The maximum atomic E-state index is 13.3. The molecule has 1 aromatic rings. The first kappa shape index (κ1) is 17.0. The van der Waals surface area contributed by atoms with Crippen LogP contribution >= 0.6 is 0 Å². The molecule has 0 bridgehead atoms. The van der Waals surface area contributed by atoms with Gasteiger partial charge in [0.05, 0.1) is 4.90 Å². The average Bonchev–Trinajstić information content (AvgIpc) is 2.36. The number of benzene rings is 1. The highest BCUT2D eigenvalue weighted by Gasteiger charge is 2.18. The van der Waals surface area contributed by atoms with Crippen molar-refractivity contribution in [2.45, 2.75) is 30.8 Å². The lowest BCUT2D eigenvalue weighted by Gasteiger charge is -2.17. The zero-order valence-corrected chi connectivity index (χ0v) is 12.9. The molecule has 0 aromatic heterocycles. The third kappa shape index (κ3) is 4.82.